The number of carbonyl (C=O) groups excluding carboxylic acids is 3. The number of hydrogen-bond donors (Lipinski definition) is 2. The van der Waals surface area contributed by atoms with Gasteiger partial charge in [0.15, 0.2) is 0 Å². The molecule has 0 aliphatic carbocycles. The molecule has 0 aliphatic rings. The average Bonchev–Trinajstić information content (AvgIpc) is 2.72. The maximum absolute atomic E-state index is 12.0. The molecule has 0 radical (unpaired) electrons. The normalized spacial score (nSPS) is 10.4. The minimum absolute atomic E-state index is 0.0414. The molecule has 0 fully saturated rings. The van der Waals surface area contributed by atoms with E-state index in [0.717, 1.165) is 12.8 Å². The van der Waals surface area contributed by atoms with Gasteiger partial charge in [-0.25, -0.2) is 0 Å². The van der Waals surface area contributed by atoms with Gasteiger partial charge in [0.2, 0.25) is 11.8 Å². The van der Waals surface area contributed by atoms with E-state index in [1.807, 2.05) is 44.2 Å². The predicted molar refractivity (Wildman–Crippen MR) is 113 cm³/mol. The van der Waals surface area contributed by atoms with Gasteiger partial charge in [-0.2, -0.15) is 0 Å². The Morgan fingerprint density at radius 3 is 2.10 bits per heavy atom. The van der Waals surface area contributed by atoms with Gasteiger partial charge in [0.25, 0.3) is 0 Å². The Labute approximate surface area is 171 Å². The van der Waals surface area contributed by atoms with E-state index in [4.69, 9.17) is 4.74 Å². The molecule has 2 amide bonds. The molecule has 2 rings (SSSR count). The van der Waals surface area contributed by atoms with Crippen molar-refractivity contribution >= 4 is 29.2 Å². The largest absolute Gasteiger partial charge is 0.466 e. The first kappa shape index (κ1) is 22.1. The minimum atomic E-state index is -0.375. The molecule has 6 heteroatoms. The molecule has 6 nitrogen and oxygen atoms in total. The summed E-state index contributed by atoms with van der Waals surface area (Å²) in [6.45, 7) is 3.98. The van der Waals surface area contributed by atoms with Crippen LogP contribution in [0.3, 0.4) is 0 Å². The van der Waals surface area contributed by atoms with Crippen molar-refractivity contribution in [1.29, 1.82) is 0 Å². The van der Waals surface area contributed by atoms with E-state index < -0.39 is 0 Å². The standard InChI is InChI=1S/C23H28N2O4/c1-17(2)23(28)25-20-12-10-19(11-13-20)24-21(26)14-15-22(27)29-16-6-9-18-7-4-3-5-8-18/h3-5,7-8,10-13,17H,6,9,14-16H2,1-2H3,(H,24,26)(H,25,28). The number of rotatable bonds is 10. The van der Waals surface area contributed by atoms with Crippen LogP contribution in [0.25, 0.3) is 0 Å². The van der Waals surface area contributed by atoms with Gasteiger partial charge < -0.3 is 15.4 Å². The highest BCUT2D eigenvalue weighted by molar-refractivity contribution is 5.94. The van der Waals surface area contributed by atoms with Crippen molar-refractivity contribution in [3.05, 3.63) is 60.2 Å². The van der Waals surface area contributed by atoms with E-state index >= 15 is 0 Å². The first-order valence-corrected chi connectivity index (χ1v) is 9.84. The summed E-state index contributed by atoms with van der Waals surface area (Å²) < 4.78 is 5.18. The van der Waals surface area contributed by atoms with Crippen LogP contribution in [0.1, 0.15) is 38.7 Å². The fourth-order valence-electron chi connectivity index (χ4n) is 2.54. The molecule has 29 heavy (non-hydrogen) atoms. The number of benzene rings is 2. The third-order valence-electron chi connectivity index (χ3n) is 4.23. The van der Waals surface area contributed by atoms with E-state index in [2.05, 4.69) is 10.6 Å². The highest BCUT2D eigenvalue weighted by atomic mass is 16.5. The summed E-state index contributed by atoms with van der Waals surface area (Å²) in [5.74, 6) is -0.804. The lowest BCUT2D eigenvalue weighted by Crippen LogP contribution is -2.18. The summed E-state index contributed by atoms with van der Waals surface area (Å²) >= 11 is 0. The van der Waals surface area contributed by atoms with E-state index in [9.17, 15) is 14.4 Å². The van der Waals surface area contributed by atoms with Gasteiger partial charge in [-0.3, -0.25) is 14.4 Å². The topological polar surface area (TPSA) is 84.5 Å². The predicted octanol–water partition coefficient (Wildman–Crippen LogP) is 4.18. The van der Waals surface area contributed by atoms with Gasteiger partial charge >= 0.3 is 5.97 Å². The van der Waals surface area contributed by atoms with E-state index in [1.54, 1.807) is 24.3 Å². The summed E-state index contributed by atoms with van der Waals surface area (Å²) in [6.07, 6.45) is 1.70. The van der Waals surface area contributed by atoms with E-state index in [0.29, 0.717) is 18.0 Å². The Morgan fingerprint density at radius 2 is 1.48 bits per heavy atom. The smallest absolute Gasteiger partial charge is 0.306 e. The second-order valence-electron chi connectivity index (χ2n) is 7.08. The summed E-state index contributed by atoms with van der Waals surface area (Å²) in [4.78, 5) is 35.4. The maximum Gasteiger partial charge on any atom is 0.306 e. The second-order valence-corrected chi connectivity index (χ2v) is 7.08. The molecular weight excluding hydrogens is 368 g/mol. The molecule has 154 valence electrons. The number of carbonyl (C=O) groups is 3. The fraction of sp³-hybridized carbons (Fsp3) is 0.348. The summed E-state index contributed by atoms with van der Waals surface area (Å²) in [5.41, 5.74) is 2.48. The molecular formula is C23H28N2O4. The van der Waals surface area contributed by atoms with E-state index in [1.165, 1.54) is 5.56 Å². The molecule has 2 N–H and O–H groups in total. The fourth-order valence-corrected chi connectivity index (χ4v) is 2.54. The molecule has 0 aromatic heterocycles. The zero-order valence-electron chi connectivity index (χ0n) is 16.9. The maximum atomic E-state index is 12.0. The van der Waals surface area contributed by atoms with E-state index in [-0.39, 0.29) is 36.5 Å². The first-order chi connectivity index (χ1) is 13.9. The van der Waals surface area contributed by atoms with Crippen molar-refractivity contribution < 1.29 is 19.1 Å². The average molecular weight is 396 g/mol. The summed E-state index contributed by atoms with van der Waals surface area (Å²) in [7, 11) is 0. The van der Waals surface area contributed by atoms with Crippen LogP contribution in [-0.2, 0) is 25.5 Å². The van der Waals surface area contributed by atoms with Gasteiger partial charge in [0.1, 0.15) is 0 Å². The molecule has 0 unspecified atom stereocenters. The van der Waals surface area contributed by atoms with Crippen molar-refractivity contribution in [2.24, 2.45) is 5.92 Å². The van der Waals surface area contributed by atoms with Crippen molar-refractivity contribution in [2.45, 2.75) is 39.5 Å². The van der Waals surface area contributed by atoms with Crippen LogP contribution >= 0.6 is 0 Å². The number of aryl methyl sites for hydroxylation is 1. The van der Waals surface area contributed by atoms with Crippen LogP contribution in [0.5, 0.6) is 0 Å². The monoisotopic (exact) mass is 396 g/mol. The molecule has 0 saturated heterocycles. The minimum Gasteiger partial charge on any atom is -0.466 e. The van der Waals surface area contributed by atoms with Gasteiger partial charge in [-0.1, -0.05) is 44.2 Å². The zero-order valence-corrected chi connectivity index (χ0v) is 16.9. The third kappa shape index (κ3) is 8.60. The summed E-state index contributed by atoms with van der Waals surface area (Å²) in [6, 6.07) is 16.9. The quantitative estimate of drug-likeness (QED) is 0.466. The Morgan fingerprint density at radius 1 is 0.862 bits per heavy atom. The SMILES string of the molecule is CC(C)C(=O)Nc1ccc(NC(=O)CCC(=O)OCCCc2ccccc2)cc1. The lowest BCUT2D eigenvalue weighted by molar-refractivity contribution is -0.144. The van der Waals surface area contributed by atoms with Gasteiger partial charge in [-0.05, 0) is 42.7 Å². The molecule has 0 bridgehead atoms. The molecule has 2 aromatic rings. The van der Waals surface area contributed by atoms with Crippen LogP contribution in [0, 0.1) is 5.92 Å². The van der Waals surface area contributed by atoms with Crippen molar-refractivity contribution in [2.75, 3.05) is 17.2 Å². The van der Waals surface area contributed by atoms with Crippen molar-refractivity contribution in [1.82, 2.24) is 0 Å². The molecule has 2 aromatic carbocycles. The molecule has 0 atom stereocenters. The molecule has 0 saturated carbocycles. The Hall–Kier alpha value is -3.15. The van der Waals surface area contributed by atoms with Crippen molar-refractivity contribution in [3.63, 3.8) is 0 Å². The second kappa shape index (κ2) is 11.6. The van der Waals surface area contributed by atoms with Crippen LogP contribution in [0.2, 0.25) is 0 Å². The van der Waals surface area contributed by atoms with Crippen LogP contribution in [0.4, 0.5) is 11.4 Å². The number of amides is 2. The lowest BCUT2D eigenvalue weighted by atomic mass is 10.1. The number of ether oxygens (including phenoxy) is 1. The molecule has 0 heterocycles. The Bertz CT molecular complexity index is 801. The number of nitrogens with one attached hydrogen (secondary N) is 2. The van der Waals surface area contributed by atoms with Gasteiger partial charge in [-0.15, -0.1) is 0 Å². The summed E-state index contributed by atoms with van der Waals surface area (Å²) in [5, 5.41) is 5.51. The highest BCUT2D eigenvalue weighted by Crippen LogP contribution is 2.15. The number of anilines is 2. The Balaban J connectivity index is 1.63. The zero-order chi connectivity index (χ0) is 21.1. The van der Waals surface area contributed by atoms with Crippen molar-refractivity contribution in [3.8, 4) is 0 Å². The molecule has 0 aliphatic heterocycles. The first-order valence-electron chi connectivity index (χ1n) is 9.84. The van der Waals surface area contributed by atoms with Gasteiger partial charge in [0, 0.05) is 23.7 Å². The van der Waals surface area contributed by atoms with Crippen LogP contribution in [0.15, 0.2) is 54.6 Å². The third-order valence-corrected chi connectivity index (χ3v) is 4.23. The van der Waals surface area contributed by atoms with Crippen LogP contribution < -0.4 is 10.6 Å². The number of hydrogen-bond acceptors (Lipinski definition) is 4. The lowest BCUT2D eigenvalue weighted by Gasteiger charge is -2.09. The Kier molecular flexibility index (Phi) is 8.89. The number of esters is 1. The highest BCUT2D eigenvalue weighted by Gasteiger charge is 2.10. The van der Waals surface area contributed by atoms with Crippen LogP contribution in [-0.4, -0.2) is 24.4 Å². The van der Waals surface area contributed by atoms with Gasteiger partial charge in [0.05, 0.1) is 13.0 Å². The molecule has 0 spiro atoms.